The SMILES string of the molecule is CCCCO[Si](OCCCC)(OCCCC)OCCCC.CO[Si](CC[Si](OC)(OC)OC)(OC)OC. The van der Waals surface area contributed by atoms with Crippen LogP contribution in [-0.2, 0) is 44.3 Å². The molecule has 0 heterocycles. The summed E-state index contributed by atoms with van der Waals surface area (Å²) in [4.78, 5) is 0. The van der Waals surface area contributed by atoms with Crippen molar-refractivity contribution in [2.24, 2.45) is 0 Å². The highest BCUT2D eigenvalue weighted by atomic mass is 28.4. The summed E-state index contributed by atoms with van der Waals surface area (Å²) in [6.07, 6.45) is 8.46. The molecule has 226 valence electrons. The maximum absolute atomic E-state index is 5.98. The van der Waals surface area contributed by atoms with Crippen LogP contribution in [0.4, 0.5) is 0 Å². The van der Waals surface area contributed by atoms with E-state index in [1.165, 1.54) is 0 Å². The van der Waals surface area contributed by atoms with Gasteiger partial charge in [-0.3, -0.25) is 0 Å². The quantitative estimate of drug-likeness (QED) is 0.101. The van der Waals surface area contributed by atoms with E-state index in [1.807, 2.05) is 0 Å². The second kappa shape index (κ2) is 25.2. The van der Waals surface area contributed by atoms with Crippen LogP contribution in [0, 0.1) is 0 Å². The Bertz CT molecular complexity index is 402. The third-order valence-electron chi connectivity index (χ3n) is 5.71. The van der Waals surface area contributed by atoms with Crippen molar-refractivity contribution in [1.82, 2.24) is 0 Å². The van der Waals surface area contributed by atoms with Crippen LogP contribution in [0.1, 0.15) is 79.1 Å². The van der Waals surface area contributed by atoms with Gasteiger partial charge in [-0.25, -0.2) is 0 Å². The van der Waals surface area contributed by atoms with Crippen molar-refractivity contribution in [1.29, 1.82) is 0 Å². The Hall–Kier alpha value is 0.251. The predicted octanol–water partition coefficient (Wildman–Crippen LogP) is 5.43. The monoisotopic (exact) mass is 590 g/mol. The minimum Gasteiger partial charge on any atom is -0.377 e. The van der Waals surface area contributed by atoms with Crippen molar-refractivity contribution < 1.29 is 44.3 Å². The molecule has 0 rings (SSSR count). The number of hydrogen-bond donors (Lipinski definition) is 0. The first-order chi connectivity index (χ1) is 17.8. The zero-order valence-electron chi connectivity index (χ0n) is 25.5. The lowest BCUT2D eigenvalue weighted by molar-refractivity contribution is -0.0368. The molecule has 0 aromatic carbocycles. The lowest BCUT2D eigenvalue weighted by Gasteiger charge is -2.29. The van der Waals surface area contributed by atoms with Gasteiger partial charge in [-0.2, -0.15) is 0 Å². The summed E-state index contributed by atoms with van der Waals surface area (Å²) in [5.74, 6) is 0. The van der Waals surface area contributed by atoms with E-state index in [2.05, 4.69) is 27.7 Å². The van der Waals surface area contributed by atoms with Crippen molar-refractivity contribution in [3.05, 3.63) is 0 Å². The zero-order chi connectivity index (χ0) is 28.5. The summed E-state index contributed by atoms with van der Waals surface area (Å²) in [7, 11) is 1.36. The van der Waals surface area contributed by atoms with Crippen LogP contribution in [0.5, 0.6) is 0 Å². The highest BCUT2D eigenvalue weighted by molar-refractivity contribution is 6.66. The Morgan fingerprint density at radius 1 is 0.378 bits per heavy atom. The summed E-state index contributed by atoms with van der Waals surface area (Å²) in [6, 6.07) is 1.19. The van der Waals surface area contributed by atoms with Gasteiger partial charge in [-0.1, -0.05) is 53.4 Å². The lowest BCUT2D eigenvalue weighted by atomic mass is 10.4. The Balaban J connectivity index is 0. The third kappa shape index (κ3) is 17.5. The first kappa shape index (κ1) is 39.4. The van der Waals surface area contributed by atoms with Crippen molar-refractivity contribution in [2.75, 3.05) is 69.1 Å². The molecule has 0 N–H and O–H groups in total. The number of unbranched alkanes of at least 4 members (excludes halogenated alkanes) is 4. The van der Waals surface area contributed by atoms with Crippen LogP contribution in [-0.4, -0.2) is 95.7 Å². The van der Waals surface area contributed by atoms with Crippen LogP contribution >= 0.6 is 0 Å². The molecule has 0 saturated carbocycles. The summed E-state index contributed by atoms with van der Waals surface area (Å²) < 4.78 is 55.8. The van der Waals surface area contributed by atoms with Gasteiger partial charge in [0.05, 0.1) is 0 Å². The molecule has 0 fully saturated rings. The van der Waals surface area contributed by atoms with E-state index in [-0.39, 0.29) is 0 Å². The second-order valence-electron chi connectivity index (χ2n) is 8.40. The van der Waals surface area contributed by atoms with Gasteiger partial charge >= 0.3 is 26.7 Å². The second-order valence-corrected chi connectivity index (χ2v) is 16.7. The summed E-state index contributed by atoms with van der Waals surface area (Å²) in [5.41, 5.74) is 0. The molecule has 0 radical (unpaired) electrons. The molecule has 37 heavy (non-hydrogen) atoms. The fourth-order valence-corrected chi connectivity index (χ4v) is 9.79. The molecule has 10 nitrogen and oxygen atoms in total. The Kier molecular flexibility index (Phi) is 26.9. The molecule has 13 heteroatoms. The Morgan fingerprint density at radius 2 is 0.595 bits per heavy atom. The van der Waals surface area contributed by atoms with E-state index in [4.69, 9.17) is 44.3 Å². The highest BCUT2D eigenvalue weighted by Crippen LogP contribution is 2.23. The van der Waals surface area contributed by atoms with E-state index in [0.717, 1.165) is 51.4 Å². The molecule has 0 saturated heterocycles. The molecule has 0 atom stereocenters. The number of hydrogen-bond acceptors (Lipinski definition) is 10. The van der Waals surface area contributed by atoms with Crippen molar-refractivity contribution in [2.45, 2.75) is 91.1 Å². The van der Waals surface area contributed by atoms with Gasteiger partial charge < -0.3 is 44.3 Å². The Labute approximate surface area is 231 Å². The minimum absolute atomic E-state index is 0.595. The van der Waals surface area contributed by atoms with Crippen LogP contribution in [0.25, 0.3) is 0 Å². The van der Waals surface area contributed by atoms with E-state index >= 15 is 0 Å². The van der Waals surface area contributed by atoms with Crippen LogP contribution < -0.4 is 0 Å². The van der Waals surface area contributed by atoms with Gasteiger partial charge in [0.1, 0.15) is 0 Å². The minimum atomic E-state index is -2.94. The summed E-state index contributed by atoms with van der Waals surface area (Å²) in [6.45, 7) is 11.3. The van der Waals surface area contributed by atoms with Crippen molar-refractivity contribution in [3.63, 3.8) is 0 Å². The lowest BCUT2D eigenvalue weighted by Crippen LogP contribution is -2.50. The number of rotatable bonds is 25. The van der Waals surface area contributed by atoms with E-state index in [0.29, 0.717) is 38.5 Å². The van der Waals surface area contributed by atoms with Gasteiger partial charge in [-0.05, 0) is 25.7 Å². The van der Waals surface area contributed by atoms with E-state index in [1.54, 1.807) is 42.7 Å². The molecule has 0 aromatic rings. The van der Waals surface area contributed by atoms with Crippen LogP contribution in [0.15, 0.2) is 0 Å². The molecule has 0 aliphatic heterocycles. The summed E-state index contributed by atoms with van der Waals surface area (Å²) in [5, 5.41) is 0. The summed E-state index contributed by atoms with van der Waals surface area (Å²) >= 11 is 0. The molecule has 0 bridgehead atoms. The van der Waals surface area contributed by atoms with E-state index in [9.17, 15) is 0 Å². The molecule has 0 amide bonds. The van der Waals surface area contributed by atoms with Gasteiger partial charge in [0.2, 0.25) is 0 Å². The van der Waals surface area contributed by atoms with E-state index < -0.39 is 26.7 Å². The molecule has 0 unspecified atom stereocenters. The molecule has 0 aliphatic rings. The van der Waals surface area contributed by atoms with Gasteiger partial charge in [0.25, 0.3) is 0 Å². The fraction of sp³-hybridized carbons (Fsp3) is 1.00. The maximum atomic E-state index is 5.98. The van der Waals surface area contributed by atoms with Crippen molar-refractivity contribution >= 4 is 26.7 Å². The standard InChI is InChI=1S/C16H36O4Si.C8H22O6Si2/c1-5-9-13-17-21(18-14-10-6-2,19-15-11-7-3)20-16-12-8-4;1-9-15(10-2,11-3)7-8-16(12-4,13-5)14-6/h5-16H2,1-4H3;7-8H2,1-6H3. The molecule has 0 spiro atoms. The topological polar surface area (TPSA) is 92.3 Å². The molecular formula is C24H58O10Si3. The normalized spacial score (nSPS) is 12.5. The molecular weight excluding hydrogens is 533 g/mol. The first-order valence-corrected chi connectivity index (χ1v) is 19.2. The van der Waals surface area contributed by atoms with Gasteiger partial charge in [0.15, 0.2) is 0 Å². The molecule has 0 aromatic heterocycles. The van der Waals surface area contributed by atoms with Crippen LogP contribution in [0.3, 0.4) is 0 Å². The van der Waals surface area contributed by atoms with Gasteiger partial charge in [-0.15, -0.1) is 0 Å². The fourth-order valence-electron chi connectivity index (χ4n) is 3.03. The first-order valence-electron chi connectivity index (χ1n) is 13.7. The van der Waals surface area contributed by atoms with Gasteiger partial charge in [0, 0.05) is 81.2 Å². The third-order valence-corrected chi connectivity index (χ3v) is 13.9. The smallest absolute Gasteiger partial charge is 0.377 e. The van der Waals surface area contributed by atoms with Crippen molar-refractivity contribution in [3.8, 4) is 0 Å². The average molecular weight is 591 g/mol. The Morgan fingerprint density at radius 3 is 0.757 bits per heavy atom. The largest absolute Gasteiger partial charge is 0.679 e. The predicted molar refractivity (Wildman–Crippen MR) is 152 cm³/mol. The maximum Gasteiger partial charge on any atom is 0.679 e. The zero-order valence-corrected chi connectivity index (χ0v) is 28.5. The average Bonchev–Trinajstić information content (AvgIpc) is 2.93. The molecule has 0 aliphatic carbocycles. The highest BCUT2D eigenvalue weighted by Gasteiger charge is 2.46. The van der Waals surface area contributed by atoms with Crippen LogP contribution in [0.2, 0.25) is 12.1 Å².